The Kier molecular flexibility index (Phi) is 8.26. The van der Waals surface area contributed by atoms with Crippen LogP contribution in [0.1, 0.15) is 26.2 Å². The molecule has 0 saturated heterocycles. The number of allylic oxidation sites excluding steroid dienone is 2. The fraction of sp³-hybridized carbons (Fsp3) is 0.636. The first-order chi connectivity index (χ1) is 6.20. The molecule has 0 aromatic carbocycles. The van der Waals surface area contributed by atoms with Crippen molar-refractivity contribution in [3.8, 4) is 0 Å². The van der Waals surface area contributed by atoms with Crippen molar-refractivity contribution in [1.29, 1.82) is 0 Å². The summed E-state index contributed by atoms with van der Waals surface area (Å²) >= 11 is 4.17. The summed E-state index contributed by atoms with van der Waals surface area (Å²) in [7, 11) is 1.97. The van der Waals surface area contributed by atoms with Gasteiger partial charge in [0.1, 0.15) is 0 Å². The molecular formula is C11H21NS. The minimum atomic E-state index is 0.931. The first-order valence-electron chi connectivity index (χ1n) is 4.78. The Balaban J connectivity index is 3.64. The number of hydrogen-bond acceptors (Lipinski definition) is 2. The van der Waals surface area contributed by atoms with Crippen molar-refractivity contribution in [2.75, 3.05) is 19.3 Å². The molecule has 0 unspecified atom stereocenters. The highest BCUT2D eigenvalue weighted by molar-refractivity contribution is 7.80. The molecule has 2 heteroatoms. The van der Waals surface area contributed by atoms with Crippen molar-refractivity contribution in [2.45, 2.75) is 26.2 Å². The molecule has 1 nitrogen and oxygen atoms in total. The number of hydrogen-bond donors (Lipinski definition) is 2. The number of thiol groups is 1. The fourth-order valence-corrected chi connectivity index (χ4v) is 1.30. The summed E-state index contributed by atoms with van der Waals surface area (Å²) in [6.07, 6.45) is 5.42. The highest BCUT2D eigenvalue weighted by Gasteiger charge is 1.95. The van der Waals surface area contributed by atoms with Gasteiger partial charge in [-0.1, -0.05) is 23.8 Å². The van der Waals surface area contributed by atoms with Gasteiger partial charge in [-0.2, -0.15) is 12.6 Å². The van der Waals surface area contributed by atoms with Crippen LogP contribution in [0.15, 0.2) is 23.8 Å². The van der Waals surface area contributed by atoms with Gasteiger partial charge in [0.25, 0.3) is 0 Å². The standard InChI is InChI=1S/C11H21NS/c1-10(5-4-8-13)9-11(2)6-7-12-3/h5,12-13H,2,4,6-9H2,1,3H3/b10-5+. The van der Waals surface area contributed by atoms with Crippen LogP contribution in [0.5, 0.6) is 0 Å². The zero-order valence-electron chi connectivity index (χ0n) is 8.77. The molecule has 0 aliphatic rings. The SMILES string of the molecule is C=C(CCNC)C/C(C)=C/CCS. The van der Waals surface area contributed by atoms with Crippen LogP contribution in [-0.4, -0.2) is 19.3 Å². The Morgan fingerprint density at radius 1 is 1.54 bits per heavy atom. The molecule has 0 bridgehead atoms. The van der Waals surface area contributed by atoms with E-state index in [0.717, 1.165) is 31.6 Å². The lowest BCUT2D eigenvalue weighted by Crippen LogP contribution is -2.08. The lowest BCUT2D eigenvalue weighted by atomic mass is 10.0. The van der Waals surface area contributed by atoms with Gasteiger partial charge in [-0.05, 0) is 45.5 Å². The topological polar surface area (TPSA) is 12.0 Å². The van der Waals surface area contributed by atoms with Gasteiger partial charge >= 0.3 is 0 Å². The average molecular weight is 199 g/mol. The summed E-state index contributed by atoms with van der Waals surface area (Å²) in [5.41, 5.74) is 2.72. The quantitative estimate of drug-likeness (QED) is 0.474. The third kappa shape index (κ3) is 8.13. The van der Waals surface area contributed by atoms with E-state index >= 15 is 0 Å². The minimum Gasteiger partial charge on any atom is -0.319 e. The number of nitrogens with one attached hydrogen (secondary N) is 1. The first-order valence-corrected chi connectivity index (χ1v) is 5.41. The second-order valence-electron chi connectivity index (χ2n) is 3.34. The Morgan fingerprint density at radius 3 is 2.77 bits per heavy atom. The maximum atomic E-state index is 4.17. The maximum absolute atomic E-state index is 4.17. The van der Waals surface area contributed by atoms with Crippen molar-refractivity contribution < 1.29 is 0 Å². The Morgan fingerprint density at radius 2 is 2.23 bits per heavy atom. The van der Waals surface area contributed by atoms with Gasteiger partial charge in [0.15, 0.2) is 0 Å². The van der Waals surface area contributed by atoms with E-state index in [1.165, 1.54) is 11.1 Å². The monoisotopic (exact) mass is 199 g/mol. The average Bonchev–Trinajstić information content (AvgIpc) is 2.11. The van der Waals surface area contributed by atoms with Crippen molar-refractivity contribution in [2.24, 2.45) is 0 Å². The fourth-order valence-electron chi connectivity index (χ4n) is 1.17. The molecule has 0 radical (unpaired) electrons. The molecule has 0 atom stereocenters. The minimum absolute atomic E-state index is 0.931. The Bertz CT molecular complexity index is 173. The van der Waals surface area contributed by atoms with Crippen molar-refractivity contribution >= 4 is 12.6 Å². The van der Waals surface area contributed by atoms with E-state index in [2.05, 4.69) is 37.5 Å². The van der Waals surface area contributed by atoms with E-state index in [4.69, 9.17) is 0 Å². The Labute approximate surface area is 87.7 Å². The van der Waals surface area contributed by atoms with Crippen LogP contribution >= 0.6 is 12.6 Å². The van der Waals surface area contributed by atoms with Crippen LogP contribution in [0.2, 0.25) is 0 Å². The van der Waals surface area contributed by atoms with E-state index in [9.17, 15) is 0 Å². The van der Waals surface area contributed by atoms with Crippen molar-refractivity contribution in [3.63, 3.8) is 0 Å². The molecule has 0 spiro atoms. The highest BCUT2D eigenvalue weighted by atomic mass is 32.1. The molecule has 0 rings (SSSR count). The van der Waals surface area contributed by atoms with Crippen LogP contribution < -0.4 is 5.32 Å². The second kappa shape index (κ2) is 8.39. The van der Waals surface area contributed by atoms with Crippen LogP contribution in [0.3, 0.4) is 0 Å². The van der Waals surface area contributed by atoms with Gasteiger partial charge in [0.05, 0.1) is 0 Å². The summed E-state index contributed by atoms with van der Waals surface area (Å²) in [6, 6.07) is 0. The Hall–Kier alpha value is -0.210. The molecule has 13 heavy (non-hydrogen) atoms. The van der Waals surface area contributed by atoms with E-state index in [1.54, 1.807) is 0 Å². The van der Waals surface area contributed by atoms with Gasteiger partial charge in [0.2, 0.25) is 0 Å². The molecule has 0 aliphatic carbocycles. The molecule has 0 aromatic heterocycles. The summed E-state index contributed by atoms with van der Waals surface area (Å²) in [5, 5.41) is 3.12. The highest BCUT2D eigenvalue weighted by Crippen LogP contribution is 2.12. The predicted octanol–water partition coefficient (Wildman–Crippen LogP) is 2.81. The molecule has 0 aliphatic heterocycles. The summed E-state index contributed by atoms with van der Waals surface area (Å²) in [5.74, 6) is 0.931. The zero-order valence-corrected chi connectivity index (χ0v) is 9.66. The molecule has 0 fully saturated rings. The smallest absolute Gasteiger partial charge is 0.00146 e. The normalized spacial score (nSPS) is 11.8. The molecule has 0 amide bonds. The van der Waals surface area contributed by atoms with Crippen molar-refractivity contribution in [1.82, 2.24) is 5.32 Å². The third-order valence-corrected chi connectivity index (χ3v) is 2.14. The summed E-state index contributed by atoms with van der Waals surface area (Å²) < 4.78 is 0. The van der Waals surface area contributed by atoms with Gasteiger partial charge in [-0.15, -0.1) is 0 Å². The third-order valence-electron chi connectivity index (χ3n) is 1.88. The maximum Gasteiger partial charge on any atom is -0.00146 e. The molecule has 0 saturated carbocycles. The largest absolute Gasteiger partial charge is 0.319 e. The lowest BCUT2D eigenvalue weighted by molar-refractivity contribution is 0.772. The zero-order chi connectivity index (χ0) is 10.1. The lowest BCUT2D eigenvalue weighted by Gasteiger charge is -2.05. The van der Waals surface area contributed by atoms with Crippen LogP contribution in [0.25, 0.3) is 0 Å². The van der Waals surface area contributed by atoms with Gasteiger partial charge in [0, 0.05) is 0 Å². The van der Waals surface area contributed by atoms with E-state index in [0.29, 0.717) is 0 Å². The number of rotatable bonds is 7. The van der Waals surface area contributed by atoms with Gasteiger partial charge < -0.3 is 5.32 Å². The van der Waals surface area contributed by atoms with Crippen LogP contribution in [0.4, 0.5) is 0 Å². The van der Waals surface area contributed by atoms with E-state index in [1.807, 2.05) is 7.05 Å². The van der Waals surface area contributed by atoms with Crippen LogP contribution in [-0.2, 0) is 0 Å². The van der Waals surface area contributed by atoms with Gasteiger partial charge in [-0.3, -0.25) is 0 Å². The van der Waals surface area contributed by atoms with Gasteiger partial charge in [-0.25, -0.2) is 0 Å². The van der Waals surface area contributed by atoms with Crippen molar-refractivity contribution in [3.05, 3.63) is 23.8 Å². The molecule has 0 heterocycles. The molecule has 76 valence electrons. The molecule has 0 aromatic rings. The first kappa shape index (κ1) is 12.8. The molecular weight excluding hydrogens is 178 g/mol. The van der Waals surface area contributed by atoms with Crippen LogP contribution in [0, 0.1) is 0 Å². The summed E-state index contributed by atoms with van der Waals surface area (Å²) in [6.45, 7) is 7.23. The molecule has 1 N–H and O–H groups in total. The second-order valence-corrected chi connectivity index (χ2v) is 3.79. The van der Waals surface area contributed by atoms with E-state index in [-0.39, 0.29) is 0 Å². The predicted molar refractivity (Wildman–Crippen MR) is 64.5 cm³/mol. The van der Waals surface area contributed by atoms with E-state index < -0.39 is 0 Å². The summed E-state index contributed by atoms with van der Waals surface area (Å²) in [4.78, 5) is 0.